The van der Waals surface area contributed by atoms with Crippen LogP contribution in [0.5, 0.6) is 5.75 Å². The number of para-hydroxylation sites is 1. The number of amides is 2. The molecule has 8 heteroatoms. The summed E-state index contributed by atoms with van der Waals surface area (Å²) in [5.41, 5.74) is 2.59. The summed E-state index contributed by atoms with van der Waals surface area (Å²) in [6, 6.07) is 18.7. The quantitative estimate of drug-likeness (QED) is 0.445. The second kappa shape index (κ2) is 11.9. The Balaban J connectivity index is 1.50. The zero-order valence-corrected chi connectivity index (χ0v) is 20.9. The lowest BCUT2D eigenvalue weighted by Gasteiger charge is -2.28. The van der Waals surface area contributed by atoms with Crippen LogP contribution in [0, 0.1) is 0 Å². The molecule has 4 rings (SSSR count). The number of benzene rings is 2. The summed E-state index contributed by atoms with van der Waals surface area (Å²) in [7, 11) is 3.94. The van der Waals surface area contributed by atoms with Gasteiger partial charge in [-0.05, 0) is 60.2 Å². The van der Waals surface area contributed by atoms with E-state index in [9.17, 15) is 9.59 Å². The monoisotopic (exact) mass is 493 g/mol. The SMILES string of the molecule is CN(C)c1ccc(NC(=O)COc2ccccc2)cc1CN(CC1CCCO1)C(=O)c1cccs1. The molecule has 0 radical (unpaired) electrons. The van der Waals surface area contributed by atoms with Crippen molar-refractivity contribution in [2.24, 2.45) is 0 Å². The summed E-state index contributed by atoms with van der Waals surface area (Å²) < 4.78 is 11.4. The lowest BCUT2D eigenvalue weighted by molar-refractivity contribution is -0.118. The molecule has 0 aliphatic carbocycles. The molecule has 1 N–H and O–H groups in total. The molecule has 1 saturated heterocycles. The maximum absolute atomic E-state index is 13.3. The van der Waals surface area contributed by atoms with E-state index in [1.165, 1.54) is 11.3 Å². The summed E-state index contributed by atoms with van der Waals surface area (Å²) in [4.78, 5) is 30.4. The predicted octanol–water partition coefficient (Wildman–Crippen LogP) is 4.65. The molecule has 0 bridgehead atoms. The Morgan fingerprint density at radius 1 is 1.11 bits per heavy atom. The Morgan fingerprint density at radius 3 is 2.63 bits per heavy atom. The van der Waals surface area contributed by atoms with Gasteiger partial charge in [0.15, 0.2) is 6.61 Å². The van der Waals surface area contributed by atoms with Crippen molar-refractivity contribution in [3.05, 3.63) is 76.5 Å². The van der Waals surface area contributed by atoms with E-state index in [-0.39, 0.29) is 24.5 Å². The Kier molecular flexibility index (Phi) is 8.39. The molecule has 0 saturated carbocycles. The molecule has 1 aliphatic heterocycles. The first-order valence-electron chi connectivity index (χ1n) is 11.7. The van der Waals surface area contributed by atoms with E-state index in [1.54, 1.807) is 0 Å². The van der Waals surface area contributed by atoms with Crippen LogP contribution in [0.1, 0.15) is 28.1 Å². The fourth-order valence-electron chi connectivity index (χ4n) is 4.10. The Bertz CT molecular complexity index is 1110. The lowest BCUT2D eigenvalue weighted by Crippen LogP contribution is -2.37. The maximum Gasteiger partial charge on any atom is 0.264 e. The zero-order valence-electron chi connectivity index (χ0n) is 20.1. The summed E-state index contributed by atoms with van der Waals surface area (Å²) in [5.74, 6) is 0.386. The van der Waals surface area contributed by atoms with Gasteiger partial charge in [0.05, 0.1) is 11.0 Å². The molecule has 7 nitrogen and oxygen atoms in total. The predicted molar refractivity (Wildman–Crippen MR) is 139 cm³/mol. The van der Waals surface area contributed by atoms with E-state index in [0.29, 0.717) is 29.4 Å². The van der Waals surface area contributed by atoms with Gasteiger partial charge in [0.2, 0.25) is 0 Å². The van der Waals surface area contributed by atoms with Crippen molar-refractivity contribution in [1.82, 2.24) is 4.90 Å². The first-order valence-corrected chi connectivity index (χ1v) is 12.6. The number of ether oxygens (including phenoxy) is 2. The number of carbonyl (C=O) groups excluding carboxylic acids is 2. The van der Waals surface area contributed by atoms with E-state index < -0.39 is 0 Å². The number of nitrogens with one attached hydrogen (secondary N) is 1. The van der Waals surface area contributed by atoms with Crippen molar-refractivity contribution in [3.63, 3.8) is 0 Å². The van der Waals surface area contributed by atoms with Crippen LogP contribution in [0.3, 0.4) is 0 Å². The van der Waals surface area contributed by atoms with E-state index in [1.807, 2.05) is 89.9 Å². The van der Waals surface area contributed by atoms with E-state index >= 15 is 0 Å². The third-order valence-electron chi connectivity index (χ3n) is 5.79. The molecule has 1 atom stereocenters. The van der Waals surface area contributed by atoms with Crippen molar-refractivity contribution in [2.75, 3.05) is 44.1 Å². The van der Waals surface area contributed by atoms with Crippen LogP contribution >= 0.6 is 11.3 Å². The topological polar surface area (TPSA) is 71.1 Å². The highest BCUT2D eigenvalue weighted by Gasteiger charge is 2.25. The molecule has 2 amide bonds. The molecule has 2 heterocycles. The summed E-state index contributed by atoms with van der Waals surface area (Å²) in [5, 5.41) is 4.83. The van der Waals surface area contributed by atoms with Crippen LogP contribution in [0.15, 0.2) is 66.0 Å². The second-order valence-electron chi connectivity index (χ2n) is 8.69. The van der Waals surface area contributed by atoms with Crippen LogP contribution < -0.4 is 15.0 Å². The minimum atomic E-state index is -0.247. The van der Waals surface area contributed by atoms with Gasteiger partial charge >= 0.3 is 0 Å². The number of anilines is 2. The molecular weight excluding hydrogens is 462 g/mol. The Morgan fingerprint density at radius 2 is 1.94 bits per heavy atom. The van der Waals surface area contributed by atoms with Crippen LogP contribution in [0.25, 0.3) is 0 Å². The number of hydrogen-bond donors (Lipinski definition) is 1. The lowest BCUT2D eigenvalue weighted by atomic mass is 10.1. The summed E-state index contributed by atoms with van der Waals surface area (Å²) >= 11 is 1.44. The number of carbonyl (C=O) groups is 2. The molecule has 1 aliphatic rings. The fourth-order valence-corrected chi connectivity index (χ4v) is 4.79. The van der Waals surface area contributed by atoms with Crippen LogP contribution in [-0.4, -0.2) is 56.7 Å². The molecule has 0 spiro atoms. The molecule has 1 fully saturated rings. The van der Waals surface area contributed by atoms with Gasteiger partial charge in [-0.25, -0.2) is 0 Å². The molecule has 1 unspecified atom stereocenters. The highest BCUT2D eigenvalue weighted by Crippen LogP contribution is 2.27. The molecule has 184 valence electrons. The van der Waals surface area contributed by atoms with Crippen molar-refractivity contribution < 1.29 is 19.1 Å². The number of hydrogen-bond acceptors (Lipinski definition) is 6. The van der Waals surface area contributed by atoms with Gasteiger partial charge in [-0.1, -0.05) is 24.3 Å². The molecule has 35 heavy (non-hydrogen) atoms. The Hall–Kier alpha value is -3.36. The number of nitrogens with zero attached hydrogens (tertiary/aromatic N) is 2. The van der Waals surface area contributed by atoms with Crippen LogP contribution in [0.2, 0.25) is 0 Å². The molecule has 2 aromatic carbocycles. The highest BCUT2D eigenvalue weighted by molar-refractivity contribution is 7.12. The van der Waals surface area contributed by atoms with Gasteiger partial charge in [-0.2, -0.15) is 0 Å². The third kappa shape index (κ3) is 6.83. The van der Waals surface area contributed by atoms with E-state index in [0.717, 1.165) is 30.7 Å². The largest absolute Gasteiger partial charge is 0.484 e. The summed E-state index contributed by atoms with van der Waals surface area (Å²) in [6.45, 7) is 1.59. The zero-order chi connectivity index (χ0) is 24.6. The van der Waals surface area contributed by atoms with Crippen molar-refractivity contribution >= 4 is 34.5 Å². The van der Waals surface area contributed by atoms with Gasteiger partial charge in [0.1, 0.15) is 5.75 Å². The summed E-state index contributed by atoms with van der Waals surface area (Å²) in [6.07, 6.45) is 2.01. The molecular formula is C27H31N3O4S. The fraction of sp³-hybridized carbons (Fsp3) is 0.333. The minimum absolute atomic E-state index is 0.00842. The van der Waals surface area contributed by atoms with Gasteiger partial charge < -0.3 is 24.6 Å². The second-order valence-corrected chi connectivity index (χ2v) is 9.63. The number of thiophene rings is 1. The van der Waals surface area contributed by atoms with Crippen molar-refractivity contribution in [2.45, 2.75) is 25.5 Å². The minimum Gasteiger partial charge on any atom is -0.484 e. The molecule has 3 aromatic rings. The van der Waals surface area contributed by atoms with Gasteiger partial charge in [-0.3, -0.25) is 9.59 Å². The average molecular weight is 494 g/mol. The van der Waals surface area contributed by atoms with Gasteiger partial charge in [0.25, 0.3) is 11.8 Å². The van der Waals surface area contributed by atoms with Crippen LogP contribution in [-0.2, 0) is 16.1 Å². The first kappa shape index (κ1) is 24.8. The average Bonchev–Trinajstić information content (AvgIpc) is 3.57. The van der Waals surface area contributed by atoms with Crippen molar-refractivity contribution in [3.8, 4) is 5.75 Å². The van der Waals surface area contributed by atoms with Crippen molar-refractivity contribution in [1.29, 1.82) is 0 Å². The third-order valence-corrected chi connectivity index (χ3v) is 6.64. The van der Waals surface area contributed by atoms with Gasteiger partial charge in [0, 0.05) is 45.2 Å². The normalized spacial score (nSPS) is 15.0. The standard InChI is InChI=1S/C27H31N3O4S/c1-29(2)24-13-12-21(28-26(31)19-34-22-8-4-3-5-9-22)16-20(24)17-30(18-23-10-6-14-33-23)27(32)25-11-7-15-35-25/h3-5,7-9,11-13,15-16,23H,6,10,14,17-19H2,1-2H3,(H,28,31). The first-order chi connectivity index (χ1) is 17.0. The highest BCUT2D eigenvalue weighted by atomic mass is 32.1. The molecule has 1 aromatic heterocycles. The smallest absolute Gasteiger partial charge is 0.264 e. The number of rotatable bonds is 10. The Labute approximate surface area is 210 Å². The van der Waals surface area contributed by atoms with E-state index in [2.05, 4.69) is 5.32 Å². The van der Waals surface area contributed by atoms with Crippen LogP contribution in [0.4, 0.5) is 11.4 Å². The maximum atomic E-state index is 13.3. The van der Waals surface area contributed by atoms with E-state index in [4.69, 9.17) is 9.47 Å². The van der Waals surface area contributed by atoms with Gasteiger partial charge in [-0.15, -0.1) is 11.3 Å².